The SMILES string of the molecule is COc1ccc(Br)c(CN(C)Cc2cn(C)nn2)c1. The van der Waals surface area contributed by atoms with E-state index in [2.05, 4.69) is 38.2 Å². The molecule has 2 rings (SSSR count). The van der Waals surface area contributed by atoms with E-state index in [1.165, 1.54) is 5.56 Å². The Hall–Kier alpha value is -1.40. The molecule has 0 fully saturated rings. The molecule has 0 amide bonds. The third-order valence-electron chi connectivity index (χ3n) is 2.78. The highest BCUT2D eigenvalue weighted by molar-refractivity contribution is 9.10. The molecule has 0 saturated carbocycles. The van der Waals surface area contributed by atoms with E-state index >= 15 is 0 Å². The molecule has 0 unspecified atom stereocenters. The van der Waals surface area contributed by atoms with Crippen molar-refractivity contribution in [3.8, 4) is 5.75 Å². The largest absolute Gasteiger partial charge is 0.497 e. The quantitative estimate of drug-likeness (QED) is 0.845. The van der Waals surface area contributed by atoms with Crippen molar-refractivity contribution >= 4 is 15.9 Å². The Morgan fingerprint density at radius 1 is 1.37 bits per heavy atom. The first-order chi connectivity index (χ1) is 9.08. The lowest BCUT2D eigenvalue weighted by atomic mass is 10.2. The highest BCUT2D eigenvalue weighted by Crippen LogP contribution is 2.23. The first-order valence-electron chi connectivity index (χ1n) is 5.94. The zero-order valence-corrected chi connectivity index (χ0v) is 12.9. The standard InChI is InChI=1S/C13H17BrN4O/c1-17(8-11-9-18(2)16-15-11)7-10-6-12(19-3)4-5-13(10)14/h4-6,9H,7-8H2,1-3H3. The van der Waals surface area contributed by atoms with Crippen molar-refractivity contribution in [1.29, 1.82) is 0 Å². The van der Waals surface area contributed by atoms with Crippen LogP contribution in [0.15, 0.2) is 28.9 Å². The number of halogens is 1. The van der Waals surface area contributed by atoms with Crippen molar-refractivity contribution in [2.24, 2.45) is 7.05 Å². The van der Waals surface area contributed by atoms with Gasteiger partial charge in [0.2, 0.25) is 0 Å². The second kappa shape index (κ2) is 6.16. The van der Waals surface area contributed by atoms with E-state index in [0.29, 0.717) is 0 Å². The van der Waals surface area contributed by atoms with E-state index in [0.717, 1.165) is 29.0 Å². The lowest BCUT2D eigenvalue weighted by molar-refractivity contribution is 0.313. The zero-order chi connectivity index (χ0) is 13.8. The molecule has 0 bridgehead atoms. The fourth-order valence-electron chi connectivity index (χ4n) is 1.89. The number of rotatable bonds is 5. The van der Waals surface area contributed by atoms with Gasteiger partial charge in [0, 0.05) is 30.8 Å². The van der Waals surface area contributed by atoms with Crippen LogP contribution >= 0.6 is 15.9 Å². The van der Waals surface area contributed by atoms with Gasteiger partial charge in [-0.05, 0) is 30.8 Å². The molecule has 0 spiro atoms. The van der Waals surface area contributed by atoms with Gasteiger partial charge in [-0.3, -0.25) is 9.58 Å². The summed E-state index contributed by atoms with van der Waals surface area (Å²) in [6, 6.07) is 5.98. The summed E-state index contributed by atoms with van der Waals surface area (Å²) in [6.07, 6.45) is 1.93. The van der Waals surface area contributed by atoms with Crippen molar-refractivity contribution in [3.05, 3.63) is 40.1 Å². The van der Waals surface area contributed by atoms with E-state index in [1.807, 2.05) is 31.4 Å². The summed E-state index contributed by atoms with van der Waals surface area (Å²) in [6.45, 7) is 1.58. The lowest BCUT2D eigenvalue weighted by Crippen LogP contribution is -2.17. The molecule has 0 atom stereocenters. The number of hydrogen-bond acceptors (Lipinski definition) is 4. The van der Waals surface area contributed by atoms with Crippen LogP contribution in [0, 0.1) is 0 Å². The smallest absolute Gasteiger partial charge is 0.119 e. The molecule has 0 aliphatic heterocycles. The molecule has 1 heterocycles. The number of aryl methyl sites for hydroxylation is 1. The average Bonchev–Trinajstić information content (AvgIpc) is 2.77. The molecule has 0 radical (unpaired) electrons. The summed E-state index contributed by atoms with van der Waals surface area (Å²) >= 11 is 3.56. The minimum atomic E-state index is 0.761. The van der Waals surface area contributed by atoms with Gasteiger partial charge in [0.1, 0.15) is 5.75 Å². The molecule has 0 aliphatic rings. The van der Waals surface area contributed by atoms with Gasteiger partial charge in [-0.2, -0.15) is 0 Å². The molecule has 19 heavy (non-hydrogen) atoms. The van der Waals surface area contributed by atoms with Crippen LogP contribution in [0.25, 0.3) is 0 Å². The Morgan fingerprint density at radius 3 is 2.79 bits per heavy atom. The molecule has 2 aromatic rings. The molecular formula is C13H17BrN4O. The van der Waals surface area contributed by atoms with Crippen LogP contribution in [0.4, 0.5) is 0 Å². The van der Waals surface area contributed by atoms with Gasteiger partial charge in [-0.1, -0.05) is 21.1 Å². The van der Waals surface area contributed by atoms with E-state index in [9.17, 15) is 0 Å². The molecule has 1 aromatic carbocycles. The first-order valence-corrected chi connectivity index (χ1v) is 6.74. The predicted molar refractivity (Wildman–Crippen MR) is 76.9 cm³/mol. The topological polar surface area (TPSA) is 43.2 Å². The number of methoxy groups -OCH3 is 1. The normalized spacial score (nSPS) is 11.0. The third kappa shape index (κ3) is 3.78. The number of ether oxygens (including phenoxy) is 1. The van der Waals surface area contributed by atoms with E-state index < -0.39 is 0 Å². The molecular weight excluding hydrogens is 308 g/mol. The van der Waals surface area contributed by atoms with E-state index in [-0.39, 0.29) is 0 Å². The van der Waals surface area contributed by atoms with Gasteiger partial charge in [0.25, 0.3) is 0 Å². The van der Waals surface area contributed by atoms with E-state index in [1.54, 1.807) is 11.8 Å². The Morgan fingerprint density at radius 2 is 2.16 bits per heavy atom. The van der Waals surface area contributed by atoms with Gasteiger partial charge in [-0.15, -0.1) is 5.10 Å². The van der Waals surface area contributed by atoms with Crippen LogP contribution in [0.2, 0.25) is 0 Å². The Balaban J connectivity index is 2.03. The maximum Gasteiger partial charge on any atom is 0.119 e. The molecule has 5 nitrogen and oxygen atoms in total. The van der Waals surface area contributed by atoms with Crippen LogP contribution in [0.5, 0.6) is 5.75 Å². The highest BCUT2D eigenvalue weighted by atomic mass is 79.9. The van der Waals surface area contributed by atoms with Crippen molar-refractivity contribution in [2.45, 2.75) is 13.1 Å². The fraction of sp³-hybridized carbons (Fsp3) is 0.385. The van der Waals surface area contributed by atoms with Gasteiger partial charge in [-0.25, -0.2) is 0 Å². The predicted octanol–water partition coefficient (Wildman–Crippen LogP) is 2.22. The van der Waals surface area contributed by atoms with Crippen LogP contribution in [0.1, 0.15) is 11.3 Å². The summed E-state index contributed by atoms with van der Waals surface area (Å²) in [4.78, 5) is 2.18. The van der Waals surface area contributed by atoms with Gasteiger partial charge in [0.05, 0.1) is 12.8 Å². The van der Waals surface area contributed by atoms with Crippen LogP contribution in [-0.4, -0.2) is 34.1 Å². The molecule has 0 aliphatic carbocycles. The van der Waals surface area contributed by atoms with Gasteiger partial charge >= 0.3 is 0 Å². The summed E-state index contributed by atoms with van der Waals surface area (Å²) in [5.74, 6) is 0.867. The monoisotopic (exact) mass is 324 g/mol. The maximum absolute atomic E-state index is 5.25. The molecule has 6 heteroatoms. The van der Waals surface area contributed by atoms with Crippen LogP contribution < -0.4 is 4.74 Å². The second-order valence-electron chi connectivity index (χ2n) is 4.51. The number of aromatic nitrogens is 3. The fourth-order valence-corrected chi connectivity index (χ4v) is 2.26. The van der Waals surface area contributed by atoms with Crippen molar-refractivity contribution in [2.75, 3.05) is 14.2 Å². The summed E-state index contributed by atoms with van der Waals surface area (Å²) in [5.41, 5.74) is 2.15. The molecule has 1 aromatic heterocycles. The highest BCUT2D eigenvalue weighted by Gasteiger charge is 2.08. The van der Waals surface area contributed by atoms with E-state index in [4.69, 9.17) is 4.74 Å². The average molecular weight is 325 g/mol. The van der Waals surface area contributed by atoms with Gasteiger partial charge in [0.15, 0.2) is 0 Å². The number of benzene rings is 1. The Kier molecular flexibility index (Phi) is 4.55. The summed E-state index contributed by atoms with van der Waals surface area (Å²) < 4.78 is 8.04. The number of nitrogens with zero attached hydrogens (tertiary/aromatic N) is 4. The van der Waals surface area contributed by atoms with Gasteiger partial charge < -0.3 is 4.74 Å². The third-order valence-corrected chi connectivity index (χ3v) is 3.55. The molecule has 0 N–H and O–H groups in total. The molecule has 0 saturated heterocycles. The minimum Gasteiger partial charge on any atom is -0.497 e. The van der Waals surface area contributed by atoms with Crippen LogP contribution in [0.3, 0.4) is 0 Å². The van der Waals surface area contributed by atoms with Crippen molar-refractivity contribution in [1.82, 2.24) is 19.9 Å². The lowest BCUT2D eigenvalue weighted by Gasteiger charge is -2.16. The first kappa shape index (κ1) is 14.0. The Labute approximate surface area is 121 Å². The van der Waals surface area contributed by atoms with Crippen LogP contribution in [-0.2, 0) is 20.1 Å². The molecule has 102 valence electrons. The minimum absolute atomic E-state index is 0.761. The number of hydrogen-bond donors (Lipinski definition) is 0. The second-order valence-corrected chi connectivity index (χ2v) is 5.37. The zero-order valence-electron chi connectivity index (χ0n) is 11.3. The maximum atomic E-state index is 5.25. The Bertz CT molecular complexity index is 555. The van der Waals surface area contributed by atoms with Crippen molar-refractivity contribution < 1.29 is 4.74 Å². The summed E-state index contributed by atoms with van der Waals surface area (Å²) in [7, 11) is 5.60. The summed E-state index contributed by atoms with van der Waals surface area (Å²) in [5, 5.41) is 8.02. The van der Waals surface area contributed by atoms with Crippen molar-refractivity contribution in [3.63, 3.8) is 0 Å².